The van der Waals surface area contributed by atoms with Gasteiger partial charge in [-0.2, -0.15) is 0 Å². The van der Waals surface area contributed by atoms with Gasteiger partial charge in [-0.25, -0.2) is 0 Å². The third kappa shape index (κ3) is 4.45. The fourth-order valence-electron chi connectivity index (χ4n) is 4.98. The number of rotatable bonds is 5. The van der Waals surface area contributed by atoms with Crippen LogP contribution in [0.25, 0.3) is 11.4 Å². The molecule has 5 rings (SSSR count). The molecule has 0 unspecified atom stereocenters. The molecule has 2 aliphatic rings. The molecule has 0 bridgehead atoms. The highest BCUT2D eigenvalue weighted by atomic mass is 32.2. The highest BCUT2D eigenvalue weighted by Crippen LogP contribution is 2.37. The van der Waals surface area contributed by atoms with E-state index < -0.39 is 0 Å². The number of nitrogens with zero attached hydrogens (tertiary/aromatic N) is 4. The zero-order valence-electron chi connectivity index (χ0n) is 19.8. The quantitative estimate of drug-likeness (QED) is 0.436. The summed E-state index contributed by atoms with van der Waals surface area (Å²) in [6.45, 7) is 7.45. The van der Waals surface area contributed by atoms with E-state index in [2.05, 4.69) is 65.9 Å². The van der Waals surface area contributed by atoms with Crippen molar-refractivity contribution in [3.05, 3.63) is 59.7 Å². The van der Waals surface area contributed by atoms with Crippen molar-refractivity contribution in [2.75, 3.05) is 17.2 Å². The Hall–Kier alpha value is -2.60. The van der Waals surface area contributed by atoms with Crippen LogP contribution in [0.4, 0.5) is 5.69 Å². The highest BCUT2D eigenvalue weighted by Gasteiger charge is 2.28. The first-order chi connectivity index (χ1) is 15.9. The number of thioether (sulfide) groups is 1. The summed E-state index contributed by atoms with van der Waals surface area (Å²) < 4.78 is 2.30. The molecule has 0 atom stereocenters. The van der Waals surface area contributed by atoms with Gasteiger partial charge in [0.2, 0.25) is 5.91 Å². The van der Waals surface area contributed by atoms with Gasteiger partial charge in [0.15, 0.2) is 11.0 Å². The maximum Gasteiger partial charge on any atom is 0.237 e. The van der Waals surface area contributed by atoms with Gasteiger partial charge in [-0.1, -0.05) is 87.8 Å². The molecule has 3 aromatic rings. The van der Waals surface area contributed by atoms with Gasteiger partial charge in [-0.15, -0.1) is 10.2 Å². The maximum absolute atomic E-state index is 13.1. The number of fused-ring (bicyclic) bond motifs is 1. The van der Waals surface area contributed by atoms with Gasteiger partial charge in [-0.05, 0) is 41.9 Å². The molecule has 1 aliphatic carbocycles. The van der Waals surface area contributed by atoms with Crippen molar-refractivity contribution in [3.8, 4) is 11.4 Å². The van der Waals surface area contributed by atoms with E-state index in [1.165, 1.54) is 35.7 Å². The molecule has 1 fully saturated rings. The van der Waals surface area contributed by atoms with Crippen molar-refractivity contribution in [3.63, 3.8) is 0 Å². The molecule has 0 saturated heterocycles. The molecule has 0 radical (unpaired) electrons. The second kappa shape index (κ2) is 8.98. The Morgan fingerprint density at radius 2 is 1.76 bits per heavy atom. The number of anilines is 1. The molecule has 0 spiro atoms. The van der Waals surface area contributed by atoms with E-state index in [0.717, 1.165) is 48.0 Å². The molecule has 2 heterocycles. The molecule has 1 amide bonds. The summed E-state index contributed by atoms with van der Waals surface area (Å²) in [6.07, 6.45) is 5.69. The molecular formula is C27H32N4OS. The minimum atomic E-state index is 0.118. The summed E-state index contributed by atoms with van der Waals surface area (Å²) >= 11 is 1.52. The minimum Gasteiger partial charge on any atom is -0.311 e. The van der Waals surface area contributed by atoms with E-state index >= 15 is 0 Å². The van der Waals surface area contributed by atoms with Crippen LogP contribution in [0.3, 0.4) is 0 Å². The zero-order valence-corrected chi connectivity index (χ0v) is 20.6. The smallest absolute Gasteiger partial charge is 0.237 e. The van der Waals surface area contributed by atoms with Crippen molar-refractivity contribution in [2.24, 2.45) is 0 Å². The Morgan fingerprint density at radius 3 is 2.48 bits per heavy atom. The van der Waals surface area contributed by atoms with Crippen LogP contribution in [-0.4, -0.2) is 33.0 Å². The lowest BCUT2D eigenvalue weighted by atomic mass is 9.86. The van der Waals surface area contributed by atoms with Crippen molar-refractivity contribution in [1.82, 2.24) is 14.8 Å². The summed E-state index contributed by atoms with van der Waals surface area (Å²) in [5.74, 6) is 1.44. The van der Waals surface area contributed by atoms with Crippen LogP contribution in [0.15, 0.2) is 53.7 Å². The molecule has 6 heteroatoms. The second-order valence-electron chi connectivity index (χ2n) is 10.2. The van der Waals surface area contributed by atoms with Crippen molar-refractivity contribution < 1.29 is 4.79 Å². The third-order valence-corrected chi connectivity index (χ3v) is 7.80. The van der Waals surface area contributed by atoms with Crippen LogP contribution >= 0.6 is 11.8 Å². The number of hydrogen-bond acceptors (Lipinski definition) is 4. The first-order valence-corrected chi connectivity index (χ1v) is 13.0. The molecule has 0 N–H and O–H groups in total. The molecule has 2 aromatic carbocycles. The maximum atomic E-state index is 13.1. The lowest BCUT2D eigenvalue weighted by Gasteiger charge is -2.20. The van der Waals surface area contributed by atoms with Crippen LogP contribution in [0.2, 0.25) is 0 Å². The van der Waals surface area contributed by atoms with Gasteiger partial charge < -0.3 is 4.90 Å². The SMILES string of the molecule is CC(C)(C)c1ccc(-c2nnc(SCC(=O)N3CCc4ccccc43)n2C2CCCC2)cc1. The standard InChI is InChI=1S/C27H32N4OS/c1-27(2,3)21-14-12-20(13-15-21)25-28-29-26(31(25)22-9-5-6-10-22)33-18-24(32)30-17-16-19-8-4-7-11-23(19)30/h4,7-8,11-15,22H,5-6,9-10,16-18H2,1-3H3. The van der Waals surface area contributed by atoms with Crippen LogP contribution < -0.4 is 4.90 Å². The topological polar surface area (TPSA) is 51.0 Å². The van der Waals surface area contributed by atoms with Crippen LogP contribution in [0.1, 0.15) is 63.6 Å². The Kier molecular flexibility index (Phi) is 6.04. The highest BCUT2D eigenvalue weighted by molar-refractivity contribution is 7.99. The van der Waals surface area contributed by atoms with Crippen LogP contribution in [0.5, 0.6) is 0 Å². The Labute approximate surface area is 200 Å². The number of hydrogen-bond donors (Lipinski definition) is 0. The van der Waals surface area contributed by atoms with Gasteiger partial charge >= 0.3 is 0 Å². The summed E-state index contributed by atoms with van der Waals surface area (Å²) in [6, 6.07) is 17.3. The fraction of sp³-hybridized carbons (Fsp3) is 0.444. The van der Waals surface area contributed by atoms with Gasteiger partial charge in [-0.3, -0.25) is 9.36 Å². The van der Waals surface area contributed by atoms with Gasteiger partial charge in [0.1, 0.15) is 0 Å². The zero-order chi connectivity index (χ0) is 23.0. The second-order valence-corrected chi connectivity index (χ2v) is 11.1. The number of para-hydroxylation sites is 1. The van der Waals surface area contributed by atoms with Crippen molar-refractivity contribution in [1.29, 1.82) is 0 Å². The van der Waals surface area contributed by atoms with E-state index in [9.17, 15) is 4.79 Å². The third-order valence-electron chi connectivity index (χ3n) is 6.88. The number of aromatic nitrogens is 3. The summed E-state index contributed by atoms with van der Waals surface area (Å²) in [5, 5.41) is 10.0. The fourth-order valence-corrected chi connectivity index (χ4v) is 5.87. The van der Waals surface area contributed by atoms with Crippen LogP contribution in [-0.2, 0) is 16.6 Å². The predicted molar refractivity (Wildman–Crippen MR) is 135 cm³/mol. The van der Waals surface area contributed by atoms with Gasteiger partial charge in [0, 0.05) is 23.8 Å². The van der Waals surface area contributed by atoms with E-state index in [-0.39, 0.29) is 11.3 Å². The predicted octanol–water partition coefficient (Wildman–Crippen LogP) is 6.04. The van der Waals surface area contributed by atoms with E-state index in [0.29, 0.717) is 11.8 Å². The Morgan fingerprint density at radius 1 is 1.03 bits per heavy atom. The number of carbonyl (C=O) groups is 1. The van der Waals surface area contributed by atoms with E-state index in [4.69, 9.17) is 0 Å². The summed E-state index contributed by atoms with van der Waals surface area (Å²) in [5.41, 5.74) is 4.83. The normalized spacial score (nSPS) is 16.4. The van der Waals surface area contributed by atoms with Crippen LogP contribution in [0, 0.1) is 0 Å². The first-order valence-electron chi connectivity index (χ1n) is 12.0. The molecule has 172 valence electrons. The monoisotopic (exact) mass is 460 g/mol. The average Bonchev–Trinajstić information content (AvgIpc) is 3.56. The molecule has 1 aromatic heterocycles. The van der Waals surface area contributed by atoms with Crippen molar-refractivity contribution >= 4 is 23.4 Å². The molecule has 33 heavy (non-hydrogen) atoms. The average molecular weight is 461 g/mol. The van der Waals surface area contributed by atoms with Gasteiger partial charge in [0.25, 0.3) is 0 Å². The number of carbonyl (C=O) groups excluding carboxylic acids is 1. The molecular weight excluding hydrogens is 428 g/mol. The Balaban J connectivity index is 1.38. The van der Waals surface area contributed by atoms with Crippen molar-refractivity contribution in [2.45, 2.75) is 69.5 Å². The number of amides is 1. The molecule has 1 aliphatic heterocycles. The minimum absolute atomic E-state index is 0.118. The molecule has 1 saturated carbocycles. The molecule has 5 nitrogen and oxygen atoms in total. The Bertz CT molecular complexity index is 1140. The number of benzene rings is 2. The lowest BCUT2D eigenvalue weighted by molar-refractivity contribution is -0.116. The van der Waals surface area contributed by atoms with Gasteiger partial charge in [0.05, 0.1) is 5.75 Å². The first kappa shape index (κ1) is 22.2. The van der Waals surface area contributed by atoms with E-state index in [1.54, 1.807) is 0 Å². The summed E-state index contributed by atoms with van der Waals surface area (Å²) in [7, 11) is 0. The summed E-state index contributed by atoms with van der Waals surface area (Å²) in [4.78, 5) is 15.0. The largest absolute Gasteiger partial charge is 0.311 e. The lowest BCUT2D eigenvalue weighted by Crippen LogP contribution is -2.30. The van der Waals surface area contributed by atoms with E-state index in [1.807, 2.05) is 23.1 Å².